The lowest BCUT2D eigenvalue weighted by atomic mass is 9.59. The van der Waals surface area contributed by atoms with Crippen LogP contribution in [-0.2, 0) is 9.59 Å². The minimum atomic E-state index is -4.81. The summed E-state index contributed by atoms with van der Waals surface area (Å²) in [5, 5.41) is 0. The molecule has 7 heteroatoms. The van der Waals surface area contributed by atoms with Gasteiger partial charge in [0.1, 0.15) is 5.75 Å². The smallest absolute Gasteiger partial charge is 0.406 e. The average Bonchev–Trinajstić information content (AvgIpc) is 3.30. The van der Waals surface area contributed by atoms with Crippen LogP contribution in [0.4, 0.5) is 18.9 Å². The number of carbonyl (C=O) groups excluding carboxylic acids is 2. The second kappa shape index (κ2) is 4.77. The minimum Gasteiger partial charge on any atom is -0.406 e. The molecule has 1 aromatic carbocycles. The third kappa shape index (κ3) is 2.14. The molecule has 1 aromatic rings. The van der Waals surface area contributed by atoms with Crippen LogP contribution >= 0.6 is 0 Å². The number of imide groups is 1. The molecule has 25 heavy (non-hydrogen) atoms. The summed E-state index contributed by atoms with van der Waals surface area (Å²) in [5.41, 5.74) is 0.166. The second-order valence-corrected chi connectivity index (χ2v) is 7.58. The van der Waals surface area contributed by atoms with Crippen molar-refractivity contribution in [1.82, 2.24) is 0 Å². The topological polar surface area (TPSA) is 46.6 Å². The van der Waals surface area contributed by atoms with Gasteiger partial charge in [-0.25, -0.2) is 4.90 Å². The van der Waals surface area contributed by atoms with Crippen molar-refractivity contribution in [3.8, 4) is 5.75 Å². The molecule has 5 aliphatic rings. The number of anilines is 1. The van der Waals surface area contributed by atoms with Crippen LogP contribution in [0.15, 0.2) is 24.3 Å². The van der Waals surface area contributed by atoms with E-state index in [1.807, 2.05) is 0 Å². The second-order valence-electron chi connectivity index (χ2n) is 7.58. The number of rotatable bonds is 2. The molecule has 0 spiro atoms. The SMILES string of the molecule is O=C1[C@@H]2[C@@H]3CC[C@@H]([C@H]4C[C@H]43)[C@@H]2C(=O)N1c1cccc(OC(F)(F)F)c1. The molecule has 4 aliphatic carbocycles. The summed E-state index contributed by atoms with van der Waals surface area (Å²) in [6, 6.07) is 5.13. The Morgan fingerprint density at radius 2 is 1.56 bits per heavy atom. The number of hydrogen-bond donors (Lipinski definition) is 0. The maximum atomic E-state index is 12.9. The molecule has 0 radical (unpaired) electrons. The number of amides is 2. The van der Waals surface area contributed by atoms with Crippen LogP contribution in [0.3, 0.4) is 0 Å². The zero-order valence-electron chi connectivity index (χ0n) is 13.2. The van der Waals surface area contributed by atoms with Gasteiger partial charge in [-0.1, -0.05) is 6.07 Å². The summed E-state index contributed by atoms with van der Waals surface area (Å²) in [7, 11) is 0. The summed E-state index contributed by atoms with van der Waals surface area (Å²) >= 11 is 0. The Labute approximate surface area is 141 Å². The van der Waals surface area contributed by atoms with Crippen LogP contribution in [0.2, 0.25) is 0 Å². The van der Waals surface area contributed by atoms with Crippen LogP contribution in [0.1, 0.15) is 19.3 Å². The number of alkyl halides is 3. The molecule has 0 N–H and O–H groups in total. The van der Waals surface area contributed by atoms with E-state index in [-0.39, 0.29) is 41.2 Å². The van der Waals surface area contributed by atoms with Gasteiger partial charge in [0.15, 0.2) is 0 Å². The lowest BCUT2D eigenvalue weighted by Gasteiger charge is -2.42. The van der Waals surface area contributed by atoms with Crippen LogP contribution in [0.25, 0.3) is 0 Å². The number of carbonyl (C=O) groups is 2. The predicted molar refractivity (Wildman–Crippen MR) is 80.4 cm³/mol. The van der Waals surface area contributed by atoms with E-state index in [1.165, 1.54) is 12.1 Å². The van der Waals surface area contributed by atoms with Crippen molar-refractivity contribution in [2.24, 2.45) is 35.5 Å². The summed E-state index contributed by atoms with van der Waals surface area (Å²) in [4.78, 5) is 27.0. The van der Waals surface area contributed by atoms with Gasteiger partial charge in [-0.3, -0.25) is 9.59 Å². The molecule has 1 saturated heterocycles. The first-order valence-electron chi connectivity index (χ1n) is 8.59. The Morgan fingerprint density at radius 1 is 0.960 bits per heavy atom. The van der Waals surface area contributed by atoms with Crippen molar-refractivity contribution < 1.29 is 27.5 Å². The minimum absolute atomic E-state index is 0.166. The highest BCUT2D eigenvalue weighted by molar-refractivity contribution is 6.22. The van der Waals surface area contributed by atoms with Crippen molar-refractivity contribution in [2.45, 2.75) is 25.6 Å². The fourth-order valence-electron chi connectivity index (χ4n) is 5.61. The number of benzene rings is 1. The molecular weight excluding hydrogens is 335 g/mol. The number of ether oxygens (including phenoxy) is 1. The lowest BCUT2D eigenvalue weighted by Crippen LogP contribution is -2.43. The number of hydrogen-bond acceptors (Lipinski definition) is 3. The van der Waals surface area contributed by atoms with Gasteiger partial charge in [0.25, 0.3) is 0 Å². The van der Waals surface area contributed by atoms with Gasteiger partial charge in [0.05, 0.1) is 17.5 Å². The molecule has 1 aliphatic heterocycles. The van der Waals surface area contributed by atoms with Crippen LogP contribution < -0.4 is 9.64 Å². The predicted octanol–water partition coefficient (Wildman–Crippen LogP) is 3.37. The Hall–Kier alpha value is -2.05. The molecule has 0 unspecified atom stereocenters. The Kier molecular flexibility index (Phi) is 2.90. The average molecular weight is 351 g/mol. The highest BCUT2D eigenvalue weighted by atomic mass is 19.4. The summed E-state index contributed by atoms with van der Waals surface area (Å²) in [6.45, 7) is 0. The molecule has 0 aromatic heterocycles. The van der Waals surface area contributed by atoms with E-state index in [0.29, 0.717) is 11.8 Å². The first kappa shape index (κ1) is 15.2. The molecule has 4 nitrogen and oxygen atoms in total. The highest BCUT2D eigenvalue weighted by Crippen LogP contribution is 2.68. The fourth-order valence-corrected chi connectivity index (χ4v) is 5.61. The van der Waals surface area contributed by atoms with Gasteiger partial charge < -0.3 is 4.74 Å². The molecule has 2 bridgehead atoms. The molecule has 2 amide bonds. The van der Waals surface area contributed by atoms with Crippen LogP contribution in [0.5, 0.6) is 5.75 Å². The van der Waals surface area contributed by atoms with E-state index >= 15 is 0 Å². The zero-order valence-corrected chi connectivity index (χ0v) is 13.2. The van der Waals surface area contributed by atoms with Gasteiger partial charge in [-0.15, -0.1) is 13.2 Å². The van der Waals surface area contributed by atoms with E-state index in [0.717, 1.165) is 36.3 Å². The van der Waals surface area contributed by atoms with Gasteiger partial charge in [0, 0.05) is 6.07 Å². The molecule has 5 fully saturated rings. The number of halogens is 3. The van der Waals surface area contributed by atoms with Gasteiger partial charge in [0.2, 0.25) is 11.8 Å². The largest absolute Gasteiger partial charge is 0.573 e. The van der Waals surface area contributed by atoms with Crippen molar-refractivity contribution in [1.29, 1.82) is 0 Å². The van der Waals surface area contributed by atoms with Crippen LogP contribution in [-0.4, -0.2) is 18.2 Å². The third-order valence-electron chi connectivity index (χ3n) is 6.45. The molecular formula is C18H16F3NO3. The zero-order chi connectivity index (χ0) is 17.5. The van der Waals surface area contributed by atoms with Gasteiger partial charge in [-0.05, 0) is 55.1 Å². The molecule has 1 heterocycles. The number of fused-ring (bicyclic) bond motifs is 1. The molecule has 132 valence electrons. The van der Waals surface area contributed by atoms with E-state index in [1.54, 1.807) is 0 Å². The maximum Gasteiger partial charge on any atom is 0.573 e. The standard InChI is InChI=1S/C18H16F3NO3/c19-18(20,21)25-9-3-1-2-8(6-9)22-16(23)14-10-4-5-11(13-7-12(10)13)15(14)17(22)24/h1-3,6,10-15H,4-5,7H2/t10-,11+,12+,13-,14-,15+. The summed E-state index contributed by atoms with van der Waals surface area (Å²) < 4.78 is 41.2. The third-order valence-corrected chi connectivity index (χ3v) is 6.45. The Morgan fingerprint density at radius 3 is 2.12 bits per heavy atom. The fraction of sp³-hybridized carbons (Fsp3) is 0.556. The van der Waals surface area contributed by atoms with Crippen molar-refractivity contribution in [3.63, 3.8) is 0 Å². The van der Waals surface area contributed by atoms with E-state index in [9.17, 15) is 22.8 Å². The van der Waals surface area contributed by atoms with E-state index < -0.39 is 12.1 Å². The summed E-state index contributed by atoms with van der Waals surface area (Å²) in [5.74, 6) is 0.148. The normalized spacial score (nSPS) is 38.6. The Bertz CT molecular complexity index is 743. The summed E-state index contributed by atoms with van der Waals surface area (Å²) in [6.07, 6.45) is -1.72. The first-order valence-corrected chi connectivity index (χ1v) is 8.59. The monoisotopic (exact) mass is 351 g/mol. The maximum absolute atomic E-state index is 12.9. The highest BCUT2D eigenvalue weighted by Gasteiger charge is 2.68. The van der Waals surface area contributed by atoms with E-state index in [4.69, 9.17) is 0 Å². The van der Waals surface area contributed by atoms with Crippen molar-refractivity contribution in [3.05, 3.63) is 24.3 Å². The first-order chi connectivity index (χ1) is 11.8. The van der Waals surface area contributed by atoms with Gasteiger partial charge in [-0.2, -0.15) is 0 Å². The Balaban J connectivity index is 1.48. The molecule has 6 atom stereocenters. The van der Waals surface area contributed by atoms with Crippen molar-refractivity contribution >= 4 is 17.5 Å². The quantitative estimate of drug-likeness (QED) is 0.768. The molecule has 6 rings (SSSR count). The van der Waals surface area contributed by atoms with E-state index in [2.05, 4.69) is 4.74 Å². The number of nitrogens with zero attached hydrogens (tertiary/aromatic N) is 1. The van der Waals surface area contributed by atoms with Crippen LogP contribution in [0, 0.1) is 35.5 Å². The molecule has 4 saturated carbocycles. The van der Waals surface area contributed by atoms with Gasteiger partial charge >= 0.3 is 6.36 Å². The lowest BCUT2D eigenvalue weighted by molar-refractivity contribution is -0.274. The van der Waals surface area contributed by atoms with Crippen molar-refractivity contribution in [2.75, 3.05) is 4.90 Å².